The van der Waals surface area contributed by atoms with Gasteiger partial charge in [-0.15, -0.1) is 0 Å². The highest BCUT2D eigenvalue weighted by atomic mass is 19.1. The fourth-order valence-electron chi connectivity index (χ4n) is 2.86. The molecule has 6 nitrogen and oxygen atoms in total. The lowest BCUT2D eigenvalue weighted by Gasteiger charge is -2.32. The molecule has 1 saturated heterocycles. The summed E-state index contributed by atoms with van der Waals surface area (Å²) in [4.78, 5) is 30.5. The Morgan fingerprint density at radius 2 is 2.12 bits per heavy atom. The molecule has 130 valence electrons. The van der Waals surface area contributed by atoms with E-state index in [2.05, 4.69) is 10.3 Å². The number of piperidine rings is 1. The third-order valence-electron chi connectivity index (χ3n) is 4.19. The van der Waals surface area contributed by atoms with Crippen molar-refractivity contribution in [1.29, 1.82) is 0 Å². The predicted molar refractivity (Wildman–Crippen MR) is 89.6 cm³/mol. The first kappa shape index (κ1) is 16.9. The molecular formula is C18H18FN3O3. The molecule has 0 bridgehead atoms. The van der Waals surface area contributed by atoms with E-state index in [0.29, 0.717) is 25.2 Å². The Morgan fingerprint density at radius 3 is 2.84 bits per heavy atom. The summed E-state index contributed by atoms with van der Waals surface area (Å²) >= 11 is 0. The van der Waals surface area contributed by atoms with E-state index in [-0.39, 0.29) is 29.8 Å². The number of nitrogens with zero attached hydrogens (tertiary/aromatic N) is 2. The number of hydrogen-bond acceptors (Lipinski definition) is 4. The minimum absolute atomic E-state index is 0.154. The van der Waals surface area contributed by atoms with Crippen LogP contribution in [0.25, 0.3) is 0 Å². The van der Waals surface area contributed by atoms with Crippen LogP contribution in [0.4, 0.5) is 10.2 Å². The zero-order chi connectivity index (χ0) is 17.8. The number of aromatic hydroxyl groups is 1. The van der Waals surface area contributed by atoms with Crippen molar-refractivity contribution in [2.45, 2.75) is 12.8 Å². The fraction of sp³-hybridized carbons (Fsp3) is 0.278. The Labute approximate surface area is 144 Å². The number of benzene rings is 1. The van der Waals surface area contributed by atoms with Crippen molar-refractivity contribution in [3.05, 3.63) is 54.0 Å². The Balaban J connectivity index is 1.67. The van der Waals surface area contributed by atoms with Gasteiger partial charge < -0.3 is 15.3 Å². The molecule has 2 N–H and O–H groups in total. The quantitative estimate of drug-likeness (QED) is 0.897. The van der Waals surface area contributed by atoms with E-state index in [1.807, 2.05) is 0 Å². The first-order valence-electron chi connectivity index (χ1n) is 8.04. The van der Waals surface area contributed by atoms with E-state index in [0.717, 1.165) is 12.1 Å². The maximum atomic E-state index is 13.5. The molecule has 2 heterocycles. The second-order valence-corrected chi connectivity index (χ2v) is 5.96. The number of phenols is 1. The minimum Gasteiger partial charge on any atom is -0.505 e. The van der Waals surface area contributed by atoms with Gasteiger partial charge in [0.25, 0.3) is 5.91 Å². The molecule has 1 aromatic heterocycles. The molecule has 1 unspecified atom stereocenters. The van der Waals surface area contributed by atoms with Crippen LogP contribution in [0.3, 0.4) is 0 Å². The van der Waals surface area contributed by atoms with Gasteiger partial charge in [0.15, 0.2) is 11.6 Å². The number of aromatic nitrogens is 1. The van der Waals surface area contributed by atoms with E-state index in [9.17, 15) is 19.1 Å². The van der Waals surface area contributed by atoms with Crippen molar-refractivity contribution < 1.29 is 19.1 Å². The van der Waals surface area contributed by atoms with Crippen LogP contribution in [0.1, 0.15) is 23.2 Å². The van der Waals surface area contributed by atoms with Crippen LogP contribution in [-0.2, 0) is 4.79 Å². The highest BCUT2D eigenvalue weighted by Gasteiger charge is 2.29. The Kier molecular flexibility index (Phi) is 4.92. The number of hydrogen-bond donors (Lipinski definition) is 2. The summed E-state index contributed by atoms with van der Waals surface area (Å²) in [5.41, 5.74) is 0.154. The Morgan fingerprint density at radius 1 is 1.28 bits per heavy atom. The molecule has 1 fully saturated rings. The third-order valence-corrected chi connectivity index (χ3v) is 4.19. The fourth-order valence-corrected chi connectivity index (χ4v) is 2.86. The van der Waals surface area contributed by atoms with Gasteiger partial charge in [0.1, 0.15) is 5.82 Å². The number of carbonyl (C=O) groups excluding carboxylic acids is 2. The maximum absolute atomic E-state index is 13.5. The Hall–Kier alpha value is -2.96. The maximum Gasteiger partial charge on any atom is 0.253 e. The molecular weight excluding hydrogens is 325 g/mol. The van der Waals surface area contributed by atoms with Gasteiger partial charge in [-0.25, -0.2) is 9.37 Å². The smallest absolute Gasteiger partial charge is 0.253 e. The molecule has 2 aromatic rings. The summed E-state index contributed by atoms with van der Waals surface area (Å²) in [6, 6.07) is 8.76. The standard InChI is InChI=1S/C18H18FN3O3/c19-14-10-12(6-7-15(14)23)18(25)22-9-3-4-13(11-22)17(24)21-16-5-1-2-8-20-16/h1-2,5-8,10,13,23H,3-4,9,11H2,(H,20,21,24). The third kappa shape index (κ3) is 3.93. The molecule has 0 spiro atoms. The number of likely N-dealkylation sites (tertiary alicyclic amines) is 1. The van der Waals surface area contributed by atoms with E-state index < -0.39 is 11.6 Å². The van der Waals surface area contributed by atoms with Crippen molar-refractivity contribution in [1.82, 2.24) is 9.88 Å². The lowest BCUT2D eigenvalue weighted by atomic mass is 9.96. The highest BCUT2D eigenvalue weighted by molar-refractivity contribution is 5.96. The lowest BCUT2D eigenvalue weighted by Crippen LogP contribution is -2.43. The molecule has 0 saturated carbocycles. The SMILES string of the molecule is O=C(Nc1ccccn1)C1CCCN(C(=O)c2ccc(O)c(F)c2)C1. The van der Waals surface area contributed by atoms with Gasteiger partial charge >= 0.3 is 0 Å². The molecule has 1 atom stereocenters. The van der Waals surface area contributed by atoms with Crippen molar-refractivity contribution in [3.63, 3.8) is 0 Å². The van der Waals surface area contributed by atoms with Crippen LogP contribution in [0.15, 0.2) is 42.6 Å². The first-order chi connectivity index (χ1) is 12.0. The average molecular weight is 343 g/mol. The zero-order valence-electron chi connectivity index (χ0n) is 13.5. The minimum atomic E-state index is -0.840. The molecule has 1 aliphatic rings. The van der Waals surface area contributed by atoms with Gasteiger partial charge in [0.05, 0.1) is 5.92 Å². The first-order valence-corrected chi connectivity index (χ1v) is 8.04. The van der Waals surface area contributed by atoms with E-state index >= 15 is 0 Å². The summed E-state index contributed by atoms with van der Waals surface area (Å²) in [5, 5.41) is 12.0. The van der Waals surface area contributed by atoms with Gasteiger partial charge in [0.2, 0.25) is 5.91 Å². The summed E-state index contributed by atoms with van der Waals surface area (Å²) in [5.74, 6) is -1.75. The average Bonchev–Trinajstić information content (AvgIpc) is 2.64. The zero-order valence-corrected chi connectivity index (χ0v) is 13.5. The monoisotopic (exact) mass is 343 g/mol. The largest absolute Gasteiger partial charge is 0.505 e. The molecule has 0 aliphatic carbocycles. The summed E-state index contributed by atoms with van der Waals surface area (Å²) < 4.78 is 13.5. The summed E-state index contributed by atoms with van der Waals surface area (Å²) in [6.07, 6.45) is 2.95. The topological polar surface area (TPSA) is 82.5 Å². The Bertz CT molecular complexity index is 782. The van der Waals surface area contributed by atoms with Gasteiger partial charge in [-0.1, -0.05) is 6.07 Å². The molecule has 25 heavy (non-hydrogen) atoms. The van der Waals surface area contributed by atoms with E-state index in [4.69, 9.17) is 0 Å². The van der Waals surface area contributed by atoms with Crippen molar-refractivity contribution in [2.75, 3.05) is 18.4 Å². The molecule has 2 amide bonds. The number of pyridine rings is 1. The van der Waals surface area contributed by atoms with Crippen molar-refractivity contribution >= 4 is 17.6 Å². The van der Waals surface area contributed by atoms with Crippen molar-refractivity contribution in [3.8, 4) is 5.75 Å². The van der Waals surface area contributed by atoms with Crippen molar-refractivity contribution in [2.24, 2.45) is 5.92 Å². The molecule has 0 radical (unpaired) electrons. The van der Waals surface area contributed by atoms with Crippen LogP contribution in [0.2, 0.25) is 0 Å². The highest BCUT2D eigenvalue weighted by Crippen LogP contribution is 2.22. The van der Waals surface area contributed by atoms with Crippen LogP contribution in [0, 0.1) is 11.7 Å². The van der Waals surface area contributed by atoms with Gasteiger partial charge in [-0.2, -0.15) is 0 Å². The number of phenolic OH excluding ortho intramolecular Hbond substituents is 1. The summed E-state index contributed by atoms with van der Waals surface area (Å²) in [6.45, 7) is 0.773. The second kappa shape index (κ2) is 7.29. The number of carbonyl (C=O) groups is 2. The number of anilines is 1. The normalized spacial score (nSPS) is 17.2. The van der Waals surface area contributed by atoms with E-state index in [1.54, 1.807) is 24.4 Å². The number of amides is 2. The molecule has 3 rings (SSSR count). The number of rotatable bonds is 3. The number of halogens is 1. The van der Waals surface area contributed by atoms with Crippen LogP contribution in [-0.4, -0.2) is 39.9 Å². The second-order valence-electron chi connectivity index (χ2n) is 5.96. The molecule has 1 aliphatic heterocycles. The van der Waals surface area contributed by atoms with Gasteiger partial charge in [-0.05, 0) is 43.2 Å². The van der Waals surface area contributed by atoms with Gasteiger partial charge in [-0.3, -0.25) is 9.59 Å². The molecule has 1 aromatic carbocycles. The summed E-state index contributed by atoms with van der Waals surface area (Å²) in [7, 11) is 0. The molecule has 7 heteroatoms. The predicted octanol–water partition coefficient (Wildman–Crippen LogP) is 2.42. The van der Waals surface area contributed by atoms with Crippen LogP contribution >= 0.6 is 0 Å². The van der Waals surface area contributed by atoms with Crippen LogP contribution < -0.4 is 5.32 Å². The van der Waals surface area contributed by atoms with Gasteiger partial charge in [0, 0.05) is 24.8 Å². The number of nitrogens with one attached hydrogen (secondary N) is 1. The lowest BCUT2D eigenvalue weighted by molar-refractivity contribution is -0.121. The van der Waals surface area contributed by atoms with Crippen LogP contribution in [0.5, 0.6) is 5.75 Å². The van der Waals surface area contributed by atoms with E-state index in [1.165, 1.54) is 11.0 Å².